The van der Waals surface area contributed by atoms with E-state index in [4.69, 9.17) is 16.6 Å². The molecule has 0 atom stereocenters. The van der Waals surface area contributed by atoms with E-state index in [9.17, 15) is 0 Å². The van der Waals surface area contributed by atoms with Crippen LogP contribution in [0.1, 0.15) is 61.0 Å². The molecule has 2 aliphatic heterocycles. The van der Waals surface area contributed by atoms with Crippen LogP contribution >= 0.6 is 0 Å². The van der Waals surface area contributed by atoms with Crippen molar-refractivity contribution < 1.29 is 30.9 Å². The minimum atomic E-state index is -0.879. The van der Waals surface area contributed by atoms with E-state index in [2.05, 4.69) is 290 Å². The number of hydrogen-bond acceptors (Lipinski definition) is 4. The van der Waals surface area contributed by atoms with Crippen molar-refractivity contribution >= 4 is 45.3 Å². The number of ether oxygens (including phenoxy) is 1. The summed E-state index contributed by atoms with van der Waals surface area (Å²) >= 11 is 2.49. The molecule has 0 saturated heterocycles. The molecular weight excluding hydrogens is 1220 g/mol. The van der Waals surface area contributed by atoms with Crippen LogP contribution < -0.4 is 14.5 Å². The smallest absolute Gasteiger partial charge is 0.0616 e. The van der Waals surface area contributed by atoms with Crippen molar-refractivity contribution in [1.29, 1.82) is 0 Å². The number of aromatic nitrogens is 3. The molecule has 0 fully saturated rings. The average Bonchev–Trinajstić information content (AvgIpc) is 0.841. The van der Waals surface area contributed by atoms with Gasteiger partial charge in [-0.1, -0.05) is 118 Å². The van der Waals surface area contributed by atoms with Gasteiger partial charge in [-0.15, -0.1) is 0 Å². The second-order valence-corrected chi connectivity index (χ2v) is 23.8. The van der Waals surface area contributed by atoms with E-state index in [1.165, 1.54) is 5.56 Å². The first-order valence-corrected chi connectivity index (χ1v) is 29.7. The van der Waals surface area contributed by atoms with Gasteiger partial charge in [0.05, 0.1) is 18.2 Å². The Morgan fingerprint density at radius 1 is 0.447 bits per heavy atom. The molecule has 13 aromatic rings. The summed E-state index contributed by atoms with van der Waals surface area (Å²) in [6, 6.07) is 86.2. The van der Waals surface area contributed by atoms with E-state index < -0.39 is 23.5 Å². The van der Waals surface area contributed by atoms with Crippen LogP contribution in [-0.4, -0.2) is 14.1 Å². The molecule has 412 valence electrons. The molecule has 85 heavy (non-hydrogen) atoms. The number of fused-ring (bicyclic) bond motifs is 9. The molecule has 0 radical (unpaired) electrons. The SMILES string of the molecule is [2H]c1c([2H])c([2H])c(-c2cnc(N3c4ccccc4C4(c5ccccc5N(c5cccc(C(C)(C)C)c5)c5ccccc54)c4ccc(Oc5cccc(-n6[c](=[Pt])n(-c7c(-c8ccccc8)cccc7-c7ccccc7)c7ccccc76)c5)cc43)cc2C)c([2H])c1[2H]. The Bertz CT molecular complexity index is 4980. The maximum absolute atomic E-state index is 8.95. The fraction of sp³-hybridized carbons (Fsp3) is 0.0769. The summed E-state index contributed by atoms with van der Waals surface area (Å²) in [5.74, 6) is 1.82. The van der Waals surface area contributed by atoms with Crippen molar-refractivity contribution in [2.75, 3.05) is 9.80 Å². The molecule has 2 aliphatic rings. The third-order valence-corrected chi connectivity index (χ3v) is 17.8. The van der Waals surface area contributed by atoms with Gasteiger partial charge in [0.25, 0.3) is 0 Å². The fourth-order valence-electron chi connectivity index (χ4n) is 13.0. The van der Waals surface area contributed by atoms with Crippen molar-refractivity contribution in [2.24, 2.45) is 0 Å². The van der Waals surface area contributed by atoms with E-state index in [0.717, 1.165) is 99.2 Å². The van der Waals surface area contributed by atoms with Gasteiger partial charge in [-0.25, -0.2) is 0 Å². The van der Waals surface area contributed by atoms with Crippen LogP contribution in [0.3, 0.4) is 0 Å². The number of imidazole rings is 1. The summed E-state index contributed by atoms with van der Waals surface area (Å²) in [5, 5.41) is 0. The number of benzene rings is 11. The van der Waals surface area contributed by atoms with Gasteiger partial charge in [-0.2, -0.15) is 0 Å². The van der Waals surface area contributed by atoms with Crippen LogP contribution in [0, 0.1) is 10.7 Å². The molecule has 0 saturated carbocycles. The molecule has 1 spiro atoms. The molecule has 7 heteroatoms. The Kier molecular flexibility index (Phi) is 11.4. The summed E-state index contributed by atoms with van der Waals surface area (Å²) in [5.41, 5.74) is 19.2. The molecule has 15 rings (SSSR count). The Morgan fingerprint density at radius 2 is 0.976 bits per heavy atom. The maximum atomic E-state index is 8.95. The Labute approximate surface area is 514 Å². The van der Waals surface area contributed by atoms with E-state index in [1.807, 2.05) is 25.1 Å². The zero-order valence-electron chi connectivity index (χ0n) is 52.2. The summed E-state index contributed by atoms with van der Waals surface area (Å²) in [6.45, 7) is 8.67. The van der Waals surface area contributed by atoms with Gasteiger partial charge in [-0.05, 0) is 53.3 Å². The minimum absolute atomic E-state index is 0.0855. The van der Waals surface area contributed by atoms with Crippen molar-refractivity contribution in [3.63, 3.8) is 0 Å². The first-order chi connectivity index (χ1) is 43.7. The number of hydrogen-bond donors (Lipinski definition) is 0. The zero-order chi connectivity index (χ0) is 61.7. The van der Waals surface area contributed by atoms with Crippen LogP contribution in [0.15, 0.2) is 285 Å². The number of nitrogens with zero attached hydrogens (tertiary/aromatic N) is 5. The Morgan fingerprint density at radius 3 is 1.60 bits per heavy atom. The summed E-state index contributed by atoms with van der Waals surface area (Å²) in [6.07, 6.45) is 1.64. The Balaban J connectivity index is 0.919. The van der Waals surface area contributed by atoms with Crippen molar-refractivity contribution in [1.82, 2.24) is 14.1 Å². The quantitative estimate of drug-likeness (QED) is 0.144. The zero-order valence-corrected chi connectivity index (χ0v) is 49.5. The second kappa shape index (κ2) is 20.8. The van der Waals surface area contributed by atoms with Gasteiger partial charge in [0, 0.05) is 17.4 Å². The van der Waals surface area contributed by atoms with Crippen molar-refractivity contribution in [3.8, 4) is 56.3 Å². The van der Waals surface area contributed by atoms with E-state index in [-0.39, 0.29) is 23.1 Å². The number of aryl methyl sites for hydroxylation is 1. The van der Waals surface area contributed by atoms with Gasteiger partial charge in [-0.3, -0.25) is 0 Å². The van der Waals surface area contributed by atoms with Crippen LogP contribution in [0.4, 0.5) is 34.3 Å². The average molecular weight is 1280 g/mol. The first-order valence-electron chi connectivity index (χ1n) is 31.1. The molecule has 0 amide bonds. The summed E-state index contributed by atoms with van der Waals surface area (Å²) < 4.78 is 56.2. The second-order valence-electron chi connectivity index (χ2n) is 22.7. The summed E-state index contributed by atoms with van der Waals surface area (Å²) in [7, 11) is 0. The molecule has 2 aromatic heterocycles. The monoisotopic (exact) mass is 1280 g/mol. The number of rotatable bonds is 9. The van der Waals surface area contributed by atoms with Gasteiger partial charge in [0.1, 0.15) is 0 Å². The van der Waals surface area contributed by atoms with E-state index in [1.54, 1.807) is 6.20 Å². The van der Waals surface area contributed by atoms with Gasteiger partial charge >= 0.3 is 306 Å². The third kappa shape index (κ3) is 8.57. The van der Waals surface area contributed by atoms with Gasteiger partial charge < -0.3 is 4.90 Å². The minimum Gasteiger partial charge on any atom is -0.0616 e. The molecular formula is C78H59N5OPt. The van der Waals surface area contributed by atoms with E-state index >= 15 is 0 Å². The van der Waals surface area contributed by atoms with Crippen molar-refractivity contribution in [3.05, 3.63) is 322 Å². The molecule has 0 N–H and O–H groups in total. The van der Waals surface area contributed by atoms with Crippen LogP contribution in [-0.2, 0) is 30.2 Å². The Hall–Kier alpha value is -9.87. The molecule has 0 bridgehead atoms. The van der Waals surface area contributed by atoms with Crippen molar-refractivity contribution in [2.45, 2.75) is 38.5 Å². The summed E-state index contributed by atoms with van der Waals surface area (Å²) in [4.78, 5) is 9.80. The number of anilines is 6. The molecule has 11 aromatic carbocycles. The number of para-hydroxylation sites is 6. The predicted molar refractivity (Wildman–Crippen MR) is 345 cm³/mol. The van der Waals surface area contributed by atoms with Crippen LogP contribution in [0.25, 0.3) is 55.8 Å². The number of pyridine rings is 1. The normalized spacial score (nSPS) is 13.9. The molecule has 6 nitrogen and oxygen atoms in total. The van der Waals surface area contributed by atoms with E-state index in [0.29, 0.717) is 28.4 Å². The third-order valence-electron chi connectivity index (χ3n) is 16.8. The predicted octanol–water partition coefficient (Wildman–Crippen LogP) is 20.2. The standard InChI is InChI=1S/C78H59N5O.Pt/c1-53-47-75(79-51-64(53)56-29-12-7-13-30-56)83-71-42-19-16-39-67(71)78(65-37-14-17-40-69(65)82(70-41-18-15-38-66(70)78)59-33-22-31-57(48-59)77(2,3)4)68-46-45-61(50-74(68)83)84-60-34-23-32-58(49-60)80-52-81(73-44-21-20-43-72(73)80)76-62(54-25-8-5-9-26-54)35-24-36-63(76)55-27-10-6-11-28-55;/h5-51H,1-4H3;/i7D,12D,13D,29D,30D;. The molecule has 4 heterocycles. The van der Waals surface area contributed by atoms with Crippen LogP contribution in [0.2, 0.25) is 0 Å². The van der Waals surface area contributed by atoms with Gasteiger partial charge in [0.2, 0.25) is 0 Å². The first kappa shape index (κ1) is 46.6. The topological polar surface area (TPSA) is 38.5 Å². The van der Waals surface area contributed by atoms with Gasteiger partial charge in [0.15, 0.2) is 0 Å². The van der Waals surface area contributed by atoms with Crippen LogP contribution in [0.5, 0.6) is 11.5 Å². The fourth-order valence-corrected chi connectivity index (χ4v) is 14.1. The molecule has 0 unspecified atom stereocenters. The molecule has 0 aliphatic carbocycles.